The van der Waals surface area contributed by atoms with Crippen LogP contribution in [0.25, 0.3) is 22.1 Å². The molecule has 0 amide bonds. The number of nitrogens with zero attached hydrogens (tertiary/aromatic N) is 2. The van der Waals surface area contributed by atoms with Gasteiger partial charge in [-0.25, -0.2) is 4.98 Å². The molecular weight excluding hydrogens is 228 g/mol. The Labute approximate surface area is 102 Å². The van der Waals surface area contributed by atoms with Crippen molar-refractivity contribution in [3.8, 4) is 6.07 Å². The first-order chi connectivity index (χ1) is 8.70. The van der Waals surface area contributed by atoms with Gasteiger partial charge >= 0.3 is 0 Å². The number of aromatic nitrogens is 1. The monoisotopic (exact) mass is 236 g/mol. The molecule has 0 fully saturated rings. The number of rotatable bonds is 0. The van der Waals surface area contributed by atoms with E-state index in [1.165, 1.54) is 6.07 Å². The number of hydrogen-bond donors (Lipinski definition) is 0. The molecule has 2 aromatic heterocycles. The average Bonchev–Trinajstić information content (AvgIpc) is 2.38. The van der Waals surface area contributed by atoms with Gasteiger partial charge in [-0.15, -0.1) is 0 Å². The molecule has 1 aromatic carbocycles. The second-order valence-corrected chi connectivity index (χ2v) is 4.01. The summed E-state index contributed by atoms with van der Waals surface area (Å²) in [4.78, 5) is 16.4. The first-order valence-electron chi connectivity index (χ1n) is 5.44. The summed E-state index contributed by atoms with van der Waals surface area (Å²) in [5.74, 6) is 0. The highest BCUT2D eigenvalue weighted by molar-refractivity contribution is 5.88. The lowest BCUT2D eigenvalue weighted by molar-refractivity contribution is 0.643. The number of aryl methyl sites for hydroxylation is 1. The van der Waals surface area contributed by atoms with E-state index in [1.54, 1.807) is 31.2 Å². The van der Waals surface area contributed by atoms with Gasteiger partial charge in [0.2, 0.25) is 11.1 Å². The van der Waals surface area contributed by atoms with Crippen LogP contribution in [-0.4, -0.2) is 4.98 Å². The van der Waals surface area contributed by atoms with Crippen molar-refractivity contribution in [1.82, 2.24) is 4.98 Å². The van der Waals surface area contributed by atoms with E-state index in [0.717, 1.165) is 0 Å². The summed E-state index contributed by atoms with van der Waals surface area (Å²) in [6, 6.07) is 10.6. The Bertz CT molecular complexity index is 872. The van der Waals surface area contributed by atoms with Crippen LogP contribution in [0.15, 0.2) is 39.5 Å². The lowest BCUT2D eigenvalue weighted by Crippen LogP contribution is -2.04. The van der Waals surface area contributed by atoms with E-state index < -0.39 is 0 Å². The van der Waals surface area contributed by atoms with E-state index in [2.05, 4.69) is 4.98 Å². The maximum absolute atomic E-state index is 12.3. The predicted molar refractivity (Wildman–Crippen MR) is 67.2 cm³/mol. The van der Waals surface area contributed by atoms with Crippen LogP contribution >= 0.6 is 0 Å². The summed E-state index contributed by atoms with van der Waals surface area (Å²) < 4.78 is 5.59. The zero-order valence-electron chi connectivity index (χ0n) is 9.60. The molecule has 86 valence electrons. The maximum atomic E-state index is 12.3. The van der Waals surface area contributed by atoms with Gasteiger partial charge in [-0.05, 0) is 25.1 Å². The van der Waals surface area contributed by atoms with E-state index in [1.807, 2.05) is 6.07 Å². The lowest BCUT2D eigenvalue weighted by atomic mass is 10.1. The summed E-state index contributed by atoms with van der Waals surface area (Å²) in [7, 11) is 0. The van der Waals surface area contributed by atoms with Gasteiger partial charge in [0.05, 0.1) is 22.0 Å². The minimum Gasteiger partial charge on any atom is -0.437 e. The third-order valence-electron chi connectivity index (χ3n) is 2.88. The Hall–Kier alpha value is -2.67. The van der Waals surface area contributed by atoms with E-state index in [-0.39, 0.29) is 11.1 Å². The van der Waals surface area contributed by atoms with Crippen LogP contribution in [0.3, 0.4) is 0 Å². The number of pyridine rings is 1. The Kier molecular flexibility index (Phi) is 2.14. The maximum Gasteiger partial charge on any atom is 0.230 e. The van der Waals surface area contributed by atoms with Crippen molar-refractivity contribution in [3.05, 3.63) is 51.8 Å². The Morgan fingerprint density at radius 3 is 2.83 bits per heavy atom. The van der Waals surface area contributed by atoms with Gasteiger partial charge in [-0.2, -0.15) is 5.26 Å². The van der Waals surface area contributed by atoms with Crippen molar-refractivity contribution < 1.29 is 4.42 Å². The Morgan fingerprint density at radius 2 is 2.06 bits per heavy atom. The molecule has 0 radical (unpaired) electrons. The largest absolute Gasteiger partial charge is 0.437 e. The SMILES string of the molecule is Cc1nc2oc3ccccc3c(=O)c2cc1C#N. The number of fused-ring (bicyclic) bond motifs is 2. The quantitative estimate of drug-likeness (QED) is 0.562. The van der Waals surface area contributed by atoms with Crippen LogP contribution in [0, 0.1) is 18.3 Å². The number of nitriles is 1. The van der Waals surface area contributed by atoms with Crippen LogP contribution < -0.4 is 5.43 Å². The fourth-order valence-electron chi connectivity index (χ4n) is 1.93. The molecule has 0 unspecified atom stereocenters. The van der Waals surface area contributed by atoms with Gasteiger partial charge < -0.3 is 4.42 Å². The van der Waals surface area contributed by atoms with E-state index >= 15 is 0 Å². The third-order valence-corrected chi connectivity index (χ3v) is 2.88. The molecule has 3 rings (SSSR count). The first kappa shape index (κ1) is 10.5. The van der Waals surface area contributed by atoms with Gasteiger partial charge in [-0.1, -0.05) is 12.1 Å². The number of benzene rings is 1. The molecule has 0 aliphatic rings. The highest BCUT2D eigenvalue weighted by Crippen LogP contribution is 2.18. The molecule has 18 heavy (non-hydrogen) atoms. The van der Waals surface area contributed by atoms with Gasteiger partial charge in [0.15, 0.2) is 0 Å². The van der Waals surface area contributed by atoms with Crippen LogP contribution in [0.4, 0.5) is 0 Å². The molecule has 0 N–H and O–H groups in total. The van der Waals surface area contributed by atoms with E-state index in [0.29, 0.717) is 27.6 Å². The smallest absolute Gasteiger partial charge is 0.230 e. The minimum absolute atomic E-state index is 0.157. The van der Waals surface area contributed by atoms with E-state index in [4.69, 9.17) is 9.68 Å². The van der Waals surface area contributed by atoms with Crippen LogP contribution in [0.5, 0.6) is 0 Å². The summed E-state index contributed by atoms with van der Waals surface area (Å²) in [5.41, 5.74) is 1.58. The Morgan fingerprint density at radius 1 is 1.28 bits per heavy atom. The standard InChI is InChI=1S/C14H8N2O2/c1-8-9(7-15)6-11-13(17)10-4-2-3-5-12(10)18-14(11)16-8/h2-6H,1H3. The zero-order chi connectivity index (χ0) is 12.7. The van der Waals surface area contributed by atoms with Gasteiger partial charge in [-0.3, -0.25) is 4.79 Å². The molecule has 0 aliphatic carbocycles. The normalized spacial score (nSPS) is 10.7. The molecule has 4 nitrogen and oxygen atoms in total. The minimum atomic E-state index is -0.157. The number of para-hydroxylation sites is 1. The van der Waals surface area contributed by atoms with Gasteiger partial charge in [0.1, 0.15) is 11.7 Å². The second kappa shape index (κ2) is 3.67. The molecular formula is C14H8N2O2. The van der Waals surface area contributed by atoms with Crippen LogP contribution in [0.2, 0.25) is 0 Å². The summed E-state index contributed by atoms with van der Waals surface area (Å²) in [6.45, 7) is 1.72. The average molecular weight is 236 g/mol. The summed E-state index contributed by atoms with van der Waals surface area (Å²) in [6.07, 6.45) is 0. The fraction of sp³-hybridized carbons (Fsp3) is 0.0714. The molecule has 0 bridgehead atoms. The van der Waals surface area contributed by atoms with Crippen molar-refractivity contribution in [2.75, 3.05) is 0 Å². The molecule has 0 saturated carbocycles. The first-order valence-corrected chi connectivity index (χ1v) is 5.44. The lowest BCUT2D eigenvalue weighted by Gasteiger charge is -2.02. The van der Waals surface area contributed by atoms with Gasteiger partial charge in [0.25, 0.3) is 0 Å². The molecule has 3 aromatic rings. The molecule has 4 heteroatoms. The zero-order valence-corrected chi connectivity index (χ0v) is 9.60. The predicted octanol–water partition coefficient (Wildman–Crippen LogP) is 2.52. The van der Waals surface area contributed by atoms with Gasteiger partial charge in [0, 0.05) is 0 Å². The molecule has 0 aliphatic heterocycles. The Balaban J connectivity index is 2.58. The van der Waals surface area contributed by atoms with Crippen LogP contribution in [0.1, 0.15) is 11.3 Å². The van der Waals surface area contributed by atoms with Crippen molar-refractivity contribution in [1.29, 1.82) is 5.26 Å². The van der Waals surface area contributed by atoms with Crippen LogP contribution in [-0.2, 0) is 0 Å². The van der Waals surface area contributed by atoms with Crippen molar-refractivity contribution in [2.45, 2.75) is 6.92 Å². The van der Waals surface area contributed by atoms with E-state index in [9.17, 15) is 4.79 Å². The molecule has 0 saturated heterocycles. The molecule has 0 spiro atoms. The van der Waals surface area contributed by atoms with Crippen molar-refractivity contribution >= 4 is 22.1 Å². The highest BCUT2D eigenvalue weighted by atomic mass is 16.3. The topological polar surface area (TPSA) is 66.9 Å². The molecule has 2 heterocycles. The van der Waals surface area contributed by atoms with Crippen molar-refractivity contribution in [3.63, 3.8) is 0 Å². The number of hydrogen-bond acceptors (Lipinski definition) is 4. The fourth-order valence-corrected chi connectivity index (χ4v) is 1.93. The molecule has 0 atom stereocenters. The highest BCUT2D eigenvalue weighted by Gasteiger charge is 2.10. The second-order valence-electron chi connectivity index (χ2n) is 4.01. The summed E-state index contributed by atoms with van der Waals surface area (Å²) >= 11 is 0. The third kappa shape index (κ3) is 1.38. The van der Waals surface area contributed by atoms with Crippen molar-refractivity contribution in [2.24, 2.45) is 0 Å². The summed E-state index contributed by atoms with van der Waals surface area (Å²) in [5, 5.41) is 9.80.